The highest BCUT2D eigenvalue weighted by molar-refractivity contribution is 5.69. The van der Waals surface area contributed by atoms with Crippen molar-refractivity contribution in [2.75, 3.05) is 26.4 Å². The number of hydrogen-bond acceptors (Lipinski definition) is 8. The SMILES string of the molecule is O=C(NCc1ccccc1)OC/C1=C\C#CC#C/C=C(/COC(=O)NCc2ccccc2)C#CC#C/C(COC(=O)NCc2ccccc2)=C\C#CC#C/C=C(/COC(=O)NCc2ccccc2)C#CC#C1. The van der Waals surface area contributed by atoms with E-state index in [1.54, 1.807) is 0 Å². The van der Waals surface area contributed by atoms with Crippen molar-refractivity contribution in [1.82, 2.24) is 21.3 Å². The minimum atomic E-state index is -0.680. The van der Waals surface area contributed by atoms with E-state index in [1.807, 2.05) is 121 Å². The highest BCUT2D eigenvalue weighted by Gasteiger charge is 2.07. The molecule has 1 aliphatic rings. The highest BCUT2D eigenvalue weighted by atomic mass is 16.6. The molecule has 352 valence electrons. The van der Waals surface area contributed by atoms with Gasteiger partial charge in [0.2, 0.25) is 0 Å². The molecule has 0 unspecified atom stereocenters. The molecule has 4 aromatic carbocycles. The largest absolute Gasteiger partial charge is 0.444 e. The fraction of sp³-hybridized carbons (Fsp3) is 0.133. The Labute approximate surface area is 419 Å². The maximum atomic E-state index is 12.6. The number of carbonyl (C=O) groups is 4. The maximum Gasteiger partial charge on any atom is 0.407 e. The average Bonchev–Trinajstić information content (AvgIpc) is 3.41. The van der Waals surface area contributed by atoms with Gasteiger partial charge in [0.25, 0.3) is 0 Å². The molecule has 0 atom stereocenters. The van der Waals surface area contributed by atoms with E-state index < -0.39 is 24.4 Å². The molecule has 4 aromatic rings. The first kappa shape index (κ1) is 52.4. The standard InChI is InChI=1S/C60H44N4O8/c65-57(61-41-49-25-13-5-14-26-49)69-45-53-33-9-1-2-10-34-54(46-70-58(66)62-42-50-27-15-6-16-28-50)38-23-24-40-56(48-72-60(68)64-44-52-31-19-8-20-32-52)36-12-4-3-11-35-55(39-22-21-37-53)47-71-59(67)63-43-51-29-17-7-18-30-51/h5-8,13-20,25-36H,41-48H2,(H,61,65)(H,62,66)(H,63,67)(H,64,68)/b53-33-,54-34+,55-35+,56-36+. The van der Waals surface area contributed by atoms with Crippen molar-refractivity contribution in [3.8, 4) is 94.7 Å². The number of ether oxygens (including phenoxy) is 4. The Kier molecular flexibility index (Phi) is 23.4. The average molecular weight is 949 g/mol. The monoisotopic (exact) mass is 948 g/mol. The second-order valence-corrected chi connectivity index (χ2v) is 14.4. The predicted molar refractivity (Wildman–Crippen MR) is 273 cm³/mol. The Morgan fingerprint density at radius 3 is 0.722 bits per heavy atom. The summed E-state index contributed by atoms with van der Waals surface area (Å²) in [6.07, 6.45) is 2.99. The second kappa shape index (κ2) is 32.2. The van der Waals surface area contributed by atoms with Crippen LogP contribution in [-0.4, -0.2) is 50.8 Å². The van der Waals surface area contributed by atoms with Gasteiger partial charge in [-0.2, -0.15) is 0 Å². The van der Waals surface area contributed by atoms with E-state index in [0.29, 0.717) is 22.3 Å². The summed E-state index contributed by atoms with van der Waals surface area (Å²) in [5.41, 5.74) is 4.71. The van der Waals surface area contributed by atoms with Crippen LogP contribution >= 0.6 is 0 Å². The van der Waals surface area contributed by atoms with E-state index in [4.69, 9.17) is 18.9 Å². The zero-order valence-corrected chi connectivity index (χ0v) is 38.8. The van der Waals surface area contributed by atoms with Crippen molar-refractivity contribution in [2.24, 2.45) is 0 Å². The zero-order chi connectivity index (χ0) is 50.5. The van der Waals surface area contributed by atoms with Gasteiger partial charge in [0, 0.05) is 72.8 Å². The topological polar surface area (TPSA) is 153 Å². The van der Waals surface area contributed by atoms with Crippen molar-refractivity contribution in [1.29, 1.82) is 0 Å². The van der Waals surface area contributed by atoms with E-state index in [-0.39, 0.29) is 52.6 Å². The molecule has 12 nitrogen and oxygen atoms in total. The Bertz CT molecular complexity index is 2760. The molecule has 0 fully saturated rings. The van der Waals surface area contributed by atoms with Crippen LogP contribution in [-0.2, 0) is 45.1 Å². The molecule has 4 amide bonds. The molecule has 1 aliphatic carbocycles. The third-order valence-corrected chi connectivity index (χ3v) is 8.97. The van der Waals surface area contributed by atoms with Crippen molar-refractivity contribution < 1.29 is 38.1 Å². The molecular formula is C60H44N4O8. The second-order valence-electron chi connectivity index (χ2n) is 14.4. The van der Waals surface area contributed by atoms with E-state index in [0.717, 1.165) is 22.3 Å². The Balaban J connectivity index is 1.40. The number of amides is 4. The van der Waals surface area contributed by atoms with Crippen molar-refractivity contribution in [3.63, 3.8) is 0 Å². The number of nitrogens with one attached hydrogen (secondary N) is 4. The fourth-order valence-corrected chi connectivity index (χ4v) is 5.40. The first-order chi connectivity index (χ1) is 35.4. The molecule has 72 heavy (non-hydrogen) atoms. The summed E-state index contributed by atoms with van der Waals surface area (Å²) in [6.45, 7) is 0.0111. The van der Waals surface area contributed by atoms with Crippen LogP contribution in [0, 0.1) is 94.7 Å². The molecule has 12 heteroatoms. The fourth-order valence-electron chi connectivity index (χ4n) is 5.40. The summed E-state index contributed by atoms with van der Waals surface area (Å²) < 4.78 is 21.7. The summed E-state index contributed by atoms with van der Waals surface area (Å²) in [4.78, 5) is 50.4. The first-order valence-corrected chi connectivity index (χ1v) is 22.0. The molecule has 0 spiro atoms. The van der Waals surface area contributed by atoms with Gasteiger partial charge in [-0.1, -0.05) is 169 Å². The van der Waals surface area contributed by atoms with Crippen molar-refractivity contribution >= 4 is 24.4 Å². The Hall–Kier alpha value is -10.6. The Morgan fingerprint density at radius 1 is 0.306 bits per heavy atom. The van der Waals surface area contributed by atoms with Gasteiger partial charge in [0.05, 0.1) is 0 Å². The predicted octanol–water partition coefficient (Wildman–Crippen LogP) is 7.44. The lowest BCUT2D eigenvalue weighted by Gasteiger charge is -2.06. The third-order valence-electron chi connectivity index (χ3n) is 8.97. The van der Waals surface area contributed by atoms with Crippen LogP contribution in [0.3, 0.4) is 0 Å². The lowest BCUT2D eigenvalue weighted by Crippen LogP contribution is -2.24. The summed E-state index contributed by atoms with van der Waals surface area (Å²) in [5.74, 6) is 44.2. The quantitative estimate of drug-likeness (QED) is 0.0669. The molecular weight excluding hydrogens is 905 g/mol. The van der Waals surface area contributed by atoms with Gasteiger partial charge in [0.15, 0.2) is 0 Å². The molecule has 0 aliphatic heterocycles. The van der Waals surface area contributed by atoms with Crippen molar-refractivity contribution in [2.45, 2.75) is 26.2 Å². The van der Waals surface area contributed by atoms with Crippen LogP contribution < -0.4 is 21.3 Å². The van der Waals surface area contributed by atoms with E-state index >= 15 is 0 Å². The van der Waals surface area contributed by atoms with Crippen LogP contribution in [0.1, 0.15) is 22.3 Å². The van der Waals surface area contributed by atoms with E-state index in [9.17, 15) is 19.2 Å². The zero-order valence-electron chi connectivity index (χ0n) is 38.8. The lowest BCUT2D eigenvalue weighted by molar-refractivity contribution is 0.155. The summed E-state index contributed by atoms with van der Waals surface area (Å²) in [5, 5.41) is 10.8. The number of hydrogen-bond donors (Lipinski definition) is 4. The number of carbonyl (C=O) groups excluding carboxylic acids is 4. The minimum absolute atomic E-state index is 0.247. The highest BCUT2D eigenvalue weighted by Crippen LogP contribution is 2.04. The molecule has 0 saturated carbocycles. The van der Waals surface area contributed by atoms with Crippen molar-refractivity contribution in [3.05, 3.63) is 190 Å². The molecule has 0 saturated heterocycles. The number of alkyl carbamates (subject to hydrolysis) is 4. The van der Waals surface area contributed by atoms with Gasteiger partial charge in [-0.3, -0.25) is 0 Å². The first-order valence-electron chi connectivity index (χ1n) is 22.0. The van der Waals surface area contributed by atoms with Gasteiger partial charge < -0.3 is 40.2 Å². The molecule has 0 heterocycles. The van der Waals surface area contributed by atoms with Gasteiger partial charge in [0.1, 0.15) is 26.4 Å². The summed E-state index contributed by atoms with van der Waals surface area (Å²) in [6, 6.07) is 37.3. The van der Waals surface area contributed by atoms with Gasteiger partial charge >= 0.3 is 24.4 Å². The molecule has 5 rings (SSSR count). The molecule has 4 N–H and O–H groups in total. The lowest BCUT2D eigenvalue weighted by atomic mass is 10.2. The van der Waals surface area contributed by atoms with Gasteiger partial charge in [-0.05, 0) is 69.6 Å². The summed E-state index contributed by atoms with van der Waals surface area (Å²) >= 11 is 0. The summed E-state index contributed by atoms with van der Waals surface area (Å²) in [7, 11) is 0. The maximum absolute atomic E-state index is 12.6. The van der Waals surface area contributed by atoms with Crippen LogP contribution in [0.4, 0.5) is 19.2 Å². The van der Waals surface area contributed by atoms with Gasteiger partial charge in [-0.25, -0.2) is 19.2 Å². The van der Waals surface area contributed by atoms with Crippen LogP contribution in [0.25, 0.3) is 0 Å². The van der Waals surface area contributed by atoms with E-state index in [1.165, 1.54) is 24.3 Å². The van der Waals surface area contributed by atoms with Crippen LogP contribution in [0.15, 0.2) is 168 Å². The Morgan fingerprint density at radius 2 is 0.514 bits per heavy atom. The molecule has 0 aromatic heterocycles. The molecule has 0 bridgehead atoms. The number of allylic oxidation sites excluding steroid dienone is 4. The van der Waals surface area contributed by atoms with Gasteiger partial charge in [-0.15, -0.1) is 0 Å². The number of rotatable bonds is 16. The van der Waals surface area contributed by atoms with Crippen LogP contribution in [0.2, 0.25) is 0 Å². The number of benzene rings is 4. The minimum Gasteiger partial charge on any atom is -0.444 e. The third kappa shape index (κ3) is 23.2. The van der Waals surface area contributed by atoms with E-state index in [2.05, 4.69) is 116 Å². The molecule has 0 radical (unpaired) electrons. The van der Waals surface area contributed by atoms with Crippen LogP contribution in [0.5, 0.6) is 0 Å². The smallest absolute Gasteiger partial charge is 0.407 e. The normalized spacial score (nSPS) is 14.1.